The molecule has 0 aliphatic heterocycles. The van der Waals surface area contributed by atoms with Gasteiger partial charge in [-0.1, -0.05) is 65.7 Å². The minimum absolute atomic E-state index is 0.681. The molecule has 106 valence electrons. The van der Waals surface area contributed by atoms with E-state index in [0.717, 1.165) is 32.9 Å². The zero-order valence-electron chi connectivity index (χ0n) is 11.6. The number of rotatable bonds is 1. The SMILES string of the molecule is Clc1ccc2c(c1)nc(-c1ccccc1)c1ccc(Cl)cc12. The van der Waals surface area contributed by atoms with Crippen LogP contribution in [0.25, 0.3) is 32.9 Å². The standard InChI is InChI=1S/C19H11Cl2N/c20-13-7-9-16-17(10-13)15-8-6-14(21)11-18(15)22-19(16)12-4-2-1-3-5-12/h1-11H. The van der Waals surface area contributed by atoms with E-state index in [1.807, 2.05) is 54.6 Å². The highest BCUT2D eigenvalue weighted by Crippen LogP contribution is 2.34. The van der Waals surface area contributed by atoms with Crippen LogP contribution in [0, 0.1) is 0 Å². The number of benzene rings is 3. The Hall–Kier alpha value is -2.09. The van der Waals surface area contributed by atoms with Crippen molar-refractivity contribution in [1.82, 2.24) is 4.98 Å². The maximum absolute atomic E-state index is 6.20. The zero-order valence-corrected chi connectivity index (χ0v) is 13.1. The minimum atomic E-state index is 0.681. The summed E-state index contributed by atoms with van der Waals surface area (Å²) in [5.41, 5.74) is 2.90. The molecule has 0 unspecified atom stereocenters. The maximum atomic E-state index is 6.20. The second-order valence-corrected chi connectivity index (χ2v) is 6.05. The van der Waals surface area contributed by atoms with E-state index in [1.165, 1.54) is 0 Å². The van der Waals surface area contributed by atoms with E-state index in [1.54, 1.807) is 0 Å². The van der Waals surface area contributed by atoms with Gasteiger partial charge >= 0.3 is 0 Å². The summed E-state index contributed by atoms with van der Waals surface area (Å²) in [5.74, 6) is 0. The molecule has 0 fully saturated rings. The zero-order chi connectivity index (χ0) is 15.1. The van der Waals surface area contributed by atoms with E-state index in [2.05, 4.69) is 12.1 Å². The van der Waals surface area contributed by atoms with Crippen LogP contribution in [0.15, 0.2) is 66.7 Å². The normalized spacial score (nSPS) is 11.2. The molecular formula is C19H11Cl2N. The molecule has 3 aromatic carbocycles. The van der Waals surface area contributed by atoms with Crippen LogP contribution in [-0.4, -0.2) is 4.98 Å². The molecule has 0 saturated heterocycles. The highest BCUT2D eigenvalue weighted by molar-refractivity contribution is 6.33. The molecule has 4 aromatic rings. The second kappa shape index (κ2) is 5.28. The van der Waals surface area contributed by atoms with Gasteiger partial charge in [0.2, 0.25) is 0 Å². The van der Waals surface area contributed by atoms with Gasteiger partial charge in [0.15, 0.2) is 0 Å². The van der Waals surface area contributed by atoms with Crippen LogP contribution in [-0.2, 0) is 0 Å². The average Bonchev–Trinajstić information content (AvgIpc) is 2.54. The number of pyridine rings is 1. The fourth-order valence-corrected chi connectivity index (χ4v) is 3.11. The van der Waals surface area contributed by atoms with Crippen molar-refractivity contribution in [3.8, 4) is 11.3 Å². The largest absolute Gasteiger partial charge is 0.247 e. The Balaban J connectivity index is 2.19. The molecule has 4 rings (SSSR count). The smallest absolute Gasteiger partial charge is 0.0788 e. The van der Waals surface area contributed by atoms with Crippen molar-refractivity contribution < 1.29 is 0 Å². The summed E-state index contributed by atoms with van der Waals surface area (Å²) >= 11 is 12.3. The number of halogens is 2. The predicted octanol–water partition coefficient (Wildman–Crippen LogP) is 6.36. The Morgan fingerprint density at radius 1 is 0.636 bits per heavy atom. The number of hydrogen-bond donors (Lipinski definition) is 0. The quantitative estimate of drug-likeness (QED) is 0.371. The molecule has 1 aromatic heterocycles. The second-order valence-electron chi connectivity index (χ2n) is 5.18. The summed E-state index contributed by atoms with van der Waals surface area (Å²) in [4.78, 5) is 4.84. The Morgan fingerprint density at radius 2 is 1.32 bits per heavy atom. The molecule has 3 heteroatoms. The Bertz CT molecular complexity index is 994. The maximum Gasteiger partial charge on any atom is 0.0788 e. The molecule has 0 atom stereocenters. The van der Waals surface area contributed by atoms with E-state index >= 15 is 0 Å². The van der Waals surface area contributed by atoms with E-state index in [4.69, 9.17) is 28.2 Å². The monoisotopic (exact) mass is 323 g/mol. The molecule has 0 N–H and O–H groups in total. The first-order valence-corrected chi connectivity index (χ1v) is 7.72. The summed E-state index contributed by atoms with van der Waals surface area (Å²) < 4.78 is 0. The first-order chi connectivity index (χ1) is 10.7. The topological polar surface area (TPSA) is 12.9 Å². The van der Waals surface area contributed by atoms with Crippen LogP contribution < -0.4 is 0 Å². The van der Waals surface area contributed by atoms with Gasteiger partial charge in [0.25, 0.3) is 0 Å². The number of hydrogen-bond acceptors (Lipinski definition) is 1. The number of fused-ring (bicyclic) bond motifs is 3. The van der Waals surface area contributed by atoms with E-state index in [9.17, 15) is 0 Å². The van der Waals surface area contributed by atoms with Gasteiger partial charge in [-0.2, -0.15) is 0 Å². The van der Waals surface area contributed by atoms with Gasteiger partial charge in [0, 0.05) is 26.4 Å². The lowest BCUT2D eigenvalue weighted by atomic mass is 10.00. The van der Waals surface area contributed by atoms with Gasteiger partial charge in [0.1, 0.15) is 0 Å². The lowest BCUT2D eigenvalue weighted by Crippen LogP contribution is -1.89. The Labute approximate surface area is 138 Å². The van der Waals surface area contributed by atoms with Gasteiger partial charge in [-0.25, -0.2) is 4.98 Å². The van der Waals surface area contributed by atoms with Crippen LogP contribution >= 0.6 is 23.2 Å². The fraction of sp³-hybridized carbons (Fsp3) is 0. The van der Waals surface area contributed by atoms with E-state index < -0.39 is 0 Å². The highest BCUT2D eigenvalue weighted by Gasteiger charge is 2.11. The number of aromatic nitrogens is 1. The summed E-state index contributed by atoms with van der Waals surface area (Å²) in [6.07, 6.45) is 0. The molecular weight excluding hydrogens is 313 g/mol. The molecule has 22 heavy (non-hydrogen) atoms. The van der Waals surface area contributed by atoms with Crippen molar-refractivity contribution in [3.63, 3.8) is 0 Å². The van der Waals surface area contributed by atoms with Gasteiger partial charge in [-0.05, 0) is 29.7 Å². The first-order valence-electron chi connectivity index (χ1n) is 6.96. The molecule has 1 heterocycles. The molecule has 1 nitrogen and oxygen atoms in total. The van der Waals surface area contributed by atoms with Crippen LogP contribution in [0.2, 0.25) is 10.0 Å². The van der Waals surface area contributed by atoms with Crippen molar-refractivity contribution in [3.05, 3.63) is 76.8 Å². The van der Waals surface area contributed by atoms with Crippen LogP contribution in [0.5, 0.6) is 0 Å². The van der Waals surface area contributed by atoms with Gasteiger partial charge in [-0.3, -0.25) is 0 Å². The molecule has 0 spiro atoms. The summed E-state index contributed by atoms with van der Waals surface area (Å²) in [7, 11) is 0. The summed E-state index contributed by atoms with van der Waals surface area (Å²) in [6.45, 7) is 0. The minimum Gasteiger partial charge on any atom is -0.247 e. The molecule has 0 bridgehead atoms. The molecule has 0 aliphatic rings. The third-order valence-corrected chi connectivity index (χ3v) is 4.24. The van der Waals surface area contributed by atoms with Crippen molar-refractivity contribution in [1.29, 1.82) is 0 Å². The van der Waals surface area contributed by atoms with E-state index in [0.29, 0.717) is 10.0 Å². The van der Waals surface area contributed by atoms with Crippen molar-refractivity contribution >= 4 is 44.9 Å². The first kappa shape index (κ1) is 13.6. The van der Waals surface area contributed by atoms with E-state index in [-0.39, 0.29) is 0 Å². The molecule has 0 radical (unpaired) electrons. The highest BCUT2D eigenvalue weighted by atomic mass is 35.5. The van der Waals surface area contributed by atoms with Crippen LogP contribution in [0.3, 0.4) is 0 Å². The Kier molecular flexibility index (Phi) is 3.25. The number of nitrogens with zero attached hydrogens (tertiary/aromatic N) is 1. The third kappa shape index (κ3) is 2.23. The molecule has 0 amide bonds. The van der Waals surface area contributed by atoms with Gasteiger partial charge < -0.3 is 0 Å². The van der Waals surface area contributed by atoms with Crippen molar-refractivity contribution in [2.45, 2.75) is 0 Å². The lowest BCUT2D eigenvalue weighted by molar-refractivity contribution is 1.43. The Morgan fingerprint density at radius 3 is 2.09 bits per heavy atom. The summed E-state index contributed by atoms with van der Waals surface area (Å²) in [6, 6.07) is 21.8. The van der Waals surface area contributed by atoms with Crippen molar-refractivity contribution in [2.24, 2.45) is 0 Å². The summed E-state index contributed by atoms with van der Waals surface area (Å²) in [5, 5.41) is 4.63. The van der Waals surface area contributed by atoms with Crippen LogP contribution in [0.4, 0.5) is 0 Å². The van der Waals surface area contributed by atoms with Crippen LogP contribution in [0.1, 0.15) is 0 Å². The van der Waals surface area contributed by atoms with Gasteiger partial charge in [-0.15, -0.1) is 0 Å². The predicted molar refractivity (Wildman–Crippen MR) is 94.7 cm³/mol. The lowest BCUT2D eigenvalue weighted by Gasteiger charge is -2.10. The fourth-order valence-electron chi connectivity index (χ4n) is 2.77. The average molecular weight is 324 g/mol. The van der Waals surface area contributed by atoms with Crippen molar-refractivity contribution in [2.75, 3.05) is 0 Å². The van der Waals surface area contributed by atoms with Gasteiger partial charge in [0.05, 0.1) is 11.2 Å². The molecule has 0 saturated carbocycles. The third-order valence-electron chi connectivity index (χ3n) is 3.77. The molecule has 0 aliphatic carbocycles.